The molecule has 3 amide bonds. The van der Waals surface area contributed by atoms with E-state index in [0.717, 1.165) is 12.8 Å². The van der Waals surface area contributed by atoms with Crippen LogP contribution in [0.3, 0.4) is 0 Å². The minimum atomic E-state index is -0.349. The second-order valence-corrected chi connectivity index (χ2v) is 5.50. The van der Waals surface area contributed by atoms with Crippen LogP contribution in [-0.2, 0) is 4.79 Å². The second-order valence-electron chi connectivity index (χ2n) is 5.12. The number of imide groups is 1. The summed E-state index contributed by atoms with van der Waals surface area (Å²) >= 11 is 5.45. The van der Waals surface area contributed by atoms with E-state index in [1.807, 2.05) is 14.1 Å². The van der Waals surface area contributed by atoms with E-state index >= 15 is 0 Å². The third-order valence-corrected chi connectivity index (χ3v) is 3.87. The zero-order valence-corrected chi connectivity index (χ0v) is 12.1. The van der Waals surface area contributed by atoms with E-state index in [1.54, 1.807) is 11.9 Å². The van der Waals surface area contributed by atoms with E-state index in [1.165, 1.54) is 6.42 Å². The van der Waals surface area contributed by atoms with Crippen molar-refractivity contribution in [1.29, 1.82) is 0 Å². The van der Waals surface area contributed by atoms with Crippen molar-refractivity contribution < 1.29 is 9.59 Å². The van der Waals surface area contributed by atoms with Crippen LogP contribution in [-0.4, -0.2) is 60.8 Å². The van der Waals surface area contributed by atoms with Crippen LogP contribution in [0, 0.1) is 0 Å². The van der Waals surface area contributed by atoms with Crippen LogP contribution in [0.15, 0.2) is 0 Å². The average Bonchev–Trinajstić information content (AvgIpc) is 2.22. The van der Waals surface area contributed by atoms with Crippen LogP contribution in [0.5, 0.6) is 0 Å². The molecular formula is C12H22ClN3O2. The van der Waals surface area contributed by atoms with E-state index in [9.17, 15) is 9.59 Å². The quantitative estimate of drug-likeness (QED) is 0.769. The number of alkyl halides is 1. The summed E-state index contributed by atoms with van der Waals surface area (Å²) < 4.78 is 0. The molecule has 0 aromatic heterocycles. The van der Waals surface area contributed by atoms with Crippen molar-refractivity contribution in [2.24, 2.45) is 0 Å². The number of carbonyl (C=O) groups is 2. The van der Waals surface area contributed by atoms with Crippen molar-refractivity contribution in [3.8, 4) is 0 Å². The van der Waals surface area contributed by atoms with Crippen LogP contribution >= 0.6 is 11.6 Å². The Labute approximate surface area is 113 Å². The van der Waals surface area contributed by atoms with Gasteiger partial charge < -0.3 is 9.80 Å². The van der Waals surface area contributed by atoms with Gasteiger partial charge in [-0.1, -0.05) is 0 Å². The summed E-state index contributed by atoms with van der Waals surface area (Å²) in [6.45, 7) is 0.639. The number of likely N-dealkylation sites (N-methyl/N-ethyl adjacent to an activating group) is 2. The molecular weight excluding hydrogens is 254 g/mol. The van der Waals surface area contributed by atoms with Crippen molar-refractivity contribution in [3.05, 3.63) is 0 Å². The number of urea groups is 1. The molecule has 6 heteroatoms. The van der Waals surface area contributed by atoms with Crippen LogP contribution in [0.25, 0.3) is 0 Å². The molecule has 1 aliphatic carbocycles. The van der Waals surface area contributed by atoms with Gasteiger partial charge in [-0.05, 0) is 33.4 Å². The van der Waals surface area contributed by atoms with E-state index in [2.05, 4.69) is 10.2 Å². The maximum absolute atomic E-state index is 11.8. The predicted octanol–water partition coefficient (Wildman–Crippen LogP) is 1.27. The summed E-state index contributed by atoms with van der Waals surface area (Å²) in [6.07, 6.45) is 3.54. The normalized spacial score (nSPS) is 17.2. The molecule has 1 aliphatic rings. The fraction of sp³-hybridized carbons (Fsp3) is 0.833. The van der Waals surface area contributed by atoms with Crippen LogP contribution < -0.4 is 5.32 Å². The van der Waals surface area contributed by atoms with Gasteiger partial charge in [0.1, 0.15) is 0 Å². The molecule has 0 heterocycles. The van der Waals surface area contributed by atoms with Gasteiger partial charge in [0.2, 0.25) is 5.91 Å². The molecule has 0 spiro atoms. The lowest BCUT2D eigenvalue weighted by atomic mass is 9.75. The Hall–Kier alpha value is -0.810. The molecule has 0 radical (unpaired) electrons. The van der Waals surface area contributed by atoms with Crippen molar-refractivity contribution >= 4 is 23.5 Å². The van der Waals surface area contributed by atoms with Crippen LogP contribution in [0.4, 0.5) is 4.79 Å². The summed E-state index contributed by atoms with van der Waals surface area (Å²) in [5.74, 6) is -0.0980. The molecule has 1 rings (SSSR count). The third kappa shape index (κ3) is 3.59. The van der Waals surface area contributed by atoms with Gasteiger partial charge in [-0.2, -0.15) is 0 Å². The Morgan fingerprint density at radius 2 is 1.89 bits per heavy atom. The number of nitrogens with one attached hydrogen (secondary N) is 1. The minimum Gasteiger partial charge on any atom is -0.326 e. The molecule has 0 aliphatic heterocycles. The summed E-state index contributed by atoms with van der Waals surface area (Å²) in [4.78, 5) is 26.8. The van der Waals surface area contributed by atoms with Crippen molar-refractivity contribution in [3.63, 3.8) is 0 Å². The molecule has 1 N–H and O–H groups in total. The molecule has 0 atom stereocenters. The average molecular weight is 276 g/mol. The predicted molar refractivity (Wildman–Crippen MR) is 71.8 cm³/mol. The number of halogens is 1. The molecule has 0 saturated heterocycles. The maximum atomic E-state index is 11.8. The molecule has 0 unspecified atom stereocenters. The Kier molecular flexibility index (Phi) is 5.41. The molecule has 1 saturated carbocycles. The SMILES string of the molecule is CN(CC1(N(C)C)CCC1)C(=O)NC(=O)CCCl. The summed E-state index contributed by atoms with van der Waals surface area (Å²) in [7, 11) is 5.78. The van der Waals surface area contributed by atoms with Crippen molar-refractivity contribution in [2.75, 3.05) is 33.6 Å². The number of amides is 3. The third-order valence-electron chi connectivity index (χ3n) is 3.68. The lowest BCUT2D eigenvalue weighted by Gasteiger charge is -2.49. The summed E-state index contributed by atoms with van der Waals surface area (Å²) in [5, 5.41) is 2.34. The number of hydrogen-bond acceptors (Lipinski definition) is 3. The highest BCUT2D eigenvalue weighted by atomic mass is 35.5. The molecule has 104 valence electrons. The first-order valence-electron chi connectivity index (χ1n) is 6.19. The molecule has 0 bridgehead atoms. The summed E-state index contributed by atoms with van der Waals surface area (Å²) in [5.41, 5.74) is 0.0711. The van der Waals surface area contributed by atoms with Gasteiger partial charge >= 0.3 is 6.03 Å². The smallest absolute Gasteiger partial charge is 0.323 e. The van der Waals surface area contributed by atoms with Crippen LogP contribution in [0.2, 0.25) is 0 Å². The van der Waals surface area contributed by atoms with E-state index < -0.39 is 0 Å². The highest BCUT2D eigenvalue weighted by Gasteiger charge is 2.40. The highest BCUT2D eigenvalue weighted by Crippen LogP contribution is 2.36. The Bertz CT molecular complexity index is 316. The standard InChI is InChI=1S/C12H22ClN3O2/c1-15(2)12(6-4-7-12)9-16(3)11(18)14-10(17)5-8-13/h4-9H2,1-3H3,(H,14,17,18). The van der Waals surface area contributed by atoms with Gasteiger partial charge in [-0.3, -0.25) is 10.1 Å². The zero-order chi connectivity index (χ0) is 13.8. The zero-order valence-electron chi connectivity index (χ0n) is 11.3. The van der Waals surface area contributed by atoms with Gasteiger partial charge in [-0.25, -0.2) is 4.79 Å². The number of rotatable bonds is 5. The summed E-state index contributed by atoms with van der Waals surface area (Å²) in [6, 6.07) is -0.349. The minimum absolute atomic E-state index is 0.0711. The largest absolute Gasteiger partial charge is 0.326 e. The van der Waals surface area contributed by atoms with E-state index in [-0.39, 0.29) is 29.8 Å². The van der Waals surface area contributed by atoms with Gasteiger partial charge in [0.15, 0.2) is 0 Å². The topological polar surface area (TPSA) is 52.6 Å². The van der Waals surface area contributed by atoms with E-state index in [4.69, 9.17) is 11.6 Å². The highest BCUT2D eigenvalue weighted by molar-refractivity contribution is 6.19. The molecule has 0 aromatic rings. The van der Waals surface area contributed by atoms with Crippen LogP contribution in [0.1, 0.15) is 25.7 Å². The van der Waals surface area contributed by atoms with Gasteiger partial charge in [0.25, 0.3) is 0 Å². The Morgan fingerprint density at radius 1 is 1.28 bits per heavy atom. The molecule has 0 aromatic carbocycles. The lowest BCUT2D eigenvalue weighted by molar-refractivity contribution is -0.119. The van der Waals surface area contributed by atoms with Gasteiger partial charge in [0.05, 0.1) is 0 Å². The Balaban J connectivity index is 2.46. The fourth-order valence-electron chi connectivity index (χ4n) is 2.21. The first kappa shape index (κ1) is 15.2. The van der Waals surface area contributed by atoms with Gasteiger partial charge in [0, 0.05) is 31.4 Å². The molecule has 1 fully saturated rings. The number of carbonyl (C=O) groups excluding carboxylic acids is 2. The lowest BCUT2D eigenvalue weighted by Crippen LogP contribution is -2.58. The Morgan fingerprint density at radius 3 is 2.28 bits per heavy atom. The monoisotopic (exact) mass is 275 g/mol. The van der Waals surface area contributed by atoms with E-state index in [0.29, 0.717) is 6.54 Å². The second kappa shape index (κ2) is 6.38. The number of hydrogen-bond donors (Lipinski definition) is 1. The number of nitrogens with zero attached hydrogens (tertiary/aromatic N) is 2. The van der Waals surface area contributed by atoms with Gasteiger partial charge in [-0.15, -0.1) is 11.6 Å². The fourth-order valence-corrected chi connectivity index (χ4v) is 2.38. The van der Waals surface area contributed by atoms with Crippen molar-refractivity contribution in [1.82, 2.24) is 15.1 Å². The maximum Gasteiger partial charge on any atom is 0.323 e. The first-order chi connectivity index (χ1) is 8.41. The molecule has 18 heavy (non-hydrogen) atoms. The first-order valence-corrected chi connectivity index (χ1v) is 6.73. The van der Waals surface area contributed by atoms with Crippen molar-refractivity contribution in [2.45, 2.75) is 31.2 Å². The molecule has 5 nitrogen and oxygen atoms in total.